The van der Waals surface area contributed by atoms with Gasteiger partial charge in [-0.1, -0.05) is 20.8 Å². The van der Waals surface area contributed by atoms with Crippen LogP contribution in [0.1, 0.15) is 33.6 Å². The van der Waals surface area contributed by atoms with Crippen LogP contribution in [0.4, 0.5) is 0 Å². The molecule has 0 aromatic heterocycles. The van der Waals surface area contributed by atoms with E-state index in [1.807, 2.05) is 20.8 Å². The summed E-state index contributed by atoms with van der Waals surface area (Å²) >= 11 is 0. The van der Waals surface area contributed by atoms with E-state index in [1.165, 1.54) is 7.11 Å². The molecule has 0 bridgehead atoms. The first-order chi connectivity index (χ1) is 6.52. The number of nitrogens with one attached hydrogen (secondary N) is 1. The Bertz CT molecular complexity index is 202. The van der Waals surface area contributed by atoms with Crippen LogP contribution < -0.4 is 5.32 Å². The Balaban J connectivity index is 4.23. The van der Waals surface area contributed by atoms with E-state index in [2.05, 4.69) is 10.1 Å². The second-order valence-corrected chi connectivity index (χ2v) is 3.56. The first-order valence-corrected chi connectivity index (χ1v) is 4.90. The molecular weight excluding hydrogens is 182 g/mol. The first-order valence-electron chi connectivity index (χ1n) is 4.90. The van der Waals surface area contributed by atoms with E-state index >= 15 is 0 Å². The summed E-state index contributed by atoms with van der Waals surface area (Å²) in [6.45, 7) is 5.66. The molecule has 1 unspecified atom stereocenters. The molecule has 0 aliphatic carbocycles. The summed E-state index contributed by atoms with van der Waals surface area (Å²) in [5.41, 5.74) is 0. The van der Waals surface area contributed by atoms with Gasteiger partial charge in [-0.05, 0) is 12.3 Å². The van der Waals surface area contributed by atoms with E-state index in [0.29, 0.717) is 6.42 Å². The van der Waals surface area contributed by atoms with Gasteiger partial charge in [0.25, 0.3) is 0 Å². The van der Waals surface area contributed by atoms with Crippen LogP contribution in [0.2, 0.25) is 0 Å². The van der Waals surface area contributed by atoms with Gasteiger partial charge >= 0.3 is 5.97 Å². The lowest BCUT2D eigenvalue weighted by Crippen LogP contribution is -2.44. The van der Waals surface area contributed by atoms with Crippen LogP contribution in [-0.4, -0.2) is 25.0 Å². The van der Waals surface area contributed by atoms with E-state index in [9.17, 15) is 9.59 Å². The predicted octanol–water partition coefficient (Wildman–Crippen LogP) is 1.10. The maximum Gasteiger partial charge on any atom is 0.328 e. The van der Waals surface area contributed by atoms with Crippen molar-refractivity contribution in [2.24, 2.45) is 5.92 Å². The van der Waals surface area contributed by atoms with Gasteiger partial charge in [-0.25, -0.2) is 4.79 Å². The minimum atomic E-state index is -0.529. The maximum absolute atomic E-state index is 11.3. The summed E-state index contributed by atoms with van der Waals surface area (Å²) in [6.07, 6.45) is 1.22. The van der Waals surface area contributed by atoms with Gasteiger partial charge in [0.2, 0.25) is 5.91 Å². The number of amides is 1. The van der Waals surface area contributed by atoms with Gasteiger partial charge in [0.15, 0.2) is 0 Å². The summed E-state index contributed by atoms with van der Waals surface area (Å²) in [5, 5.41) is 2.65. The number of esters is 1. The average molecular weight is 201 g/mol. The topological polar surface area (TPSA) is 55.4 Å². The number of rotatable bonds is 5. The molecule has 0 saturated carbocycles. The quantitative estimate of drug-likeness (QED) is 0.678. The third-order valence-corrected chi connectivity index (χ3v) is 1.92. The molecule has 0 aliphatic rings. The standard InChI is InChI=1S/C10H19NO3/c1-5-6-8(12)11-9(7(2)3)10(13)14-4/h7,9H,5-6H2,1-4H3,(H,11,12). The second kappa shape index (κ2) is 6.40. The molecule has 0 fully saturated rings. The largest absolute Gasteiger partial charge is 0.467 e. The molecule has 1 atom stereocenters. The number of methoxy groups -OCH3 is 1. The first kappa shape index (κ1) is 12.9. The van der Waals surface area contributed by atoms with Crippen molar-refractivity contribution in [3.05, 3.63) is 0 Å². The van der Waals surface area contributed by atoms with E-state index in [4.69, 9.17) is 0 Å². The number of hydrogen-bond donors (Lipinski definition) is 1. The van der Waals surface area contributed by atoms with Crippen molar-refractivity contribution in [3.63, 3.8) is 0 Å². The fourth-order valence-corrected chi connectivity index (χ4v) is 1.10. The smallest absolute Gasteiger partial charge is 0.328 e. The summed E-state index contributed by atoms with van der Waals surface area (Å²) in [5.74, 6) is -0.440. The molecule has 0 rings (SSSR count). The lowest BCUT2D eigenvalue weighted by molar-refractivity contribution is -0.146. The van der Waals surface area contributed by atoms with Crippen molar-refractivity contribution in [2.75, 3.05) is 7.11 Å². The minimum Gasteiger partial charge on any atom is -0.467 e. The van der Waals surface area contributed by atoms with Crippen LogP contribution >= 0.6 is 0 Å². The highest BCUT2D eigenvalue weighted by Gasteiger charge is 2.24. The van der Waals surface area contributed by atoms with Gasteiger partial charge in [-0.15, -0.1) is 0 Å². The van der Waals surface area contributed by atoms with Gasteiger partial charge in [-0.3, -0.25) is 4.79 Å². The van der Waals surface area contributed by atoms with Crippen molar-refractivity contribution < 1.29 is 14.3 Å². The number of hydrogen-bond acceptors (Lipinski definition) is 3. The third kappa shape index (κ3) is 4.25. The van der Waals surface area contributed by atoms with Crippen molar-refractivity contribution in [1.82, 2.24) is 5.32 Å². The zero-order valence-electron chi connectivity index (χ0n) is 9.29. The normalized spacial score (nSPS) is 12.4. The fourth-order valence-electron chi connectivity index (χ4n) is 1.10. The molecular formula is C10H19NO3. The molecule has 4 heteroatoms. The van der Waals surface area contributed by atoms with Crippen LogP contribution in [-0.2, 0) is 14.3 Å². The summed E-state index contributed by atoms with van der Waals surface area (Å²) < 4.78 is 4.60. The van der Waals surface area contributed by atoms with Crippen molar-refractivity contribution in [2.45, 2.75) is 39.7 Å². The minimum absolute atomic E-state index is 0.0447. The van der Waals surface area contributed by atoms with Gasteiger partial charge < -0.3 is 10.1 Å². The Morgan fingerprint density at radius 3 is 2.29 bits per heavy atom. The Labute approximate surface area is 85.0 Å². The maximum atomic E-state index is 11.3. The van der Waals surface area contributed by atoms with E-state index in [1.54, 1.807) is 0 Å². The Morgan fingerprint density at radius 1 is 1.36 bits per heavy atom. The zero-order chi connectivity index (χ0) is 11.1. The molecule has 0 aromatic rings. The molecule has 1 amide bonds. The highest BCUT2D eigenvalue weighted by Crippen LogP contribution is 2.04. The highest BCUT2D eigenvalue weighted by molar-refractivity contribution is 5.84. The average Bonchev–Trinajstić information content (AvgIpc) is 2.13. The second-order valence-electron chi connectivity index (χ2n) is 3.56. The van der Waals surface area contributed by atoms with E-state index in [-0.39, 0.29) is 17.8 Å². The lowest BCUT2D eigenvalue weighted by atomic mass is 10.0. The van der Waals surface area contributed by atoms with E-state index < -0.39 is 6.04 Å². The van der Waals surface area contributed by atoms with Crippen molar-refractivity contribution in [3.8, 4) is 0 Å². The molecule has 0 aliphatic heterocycles. The van der Waals surface area contributed by atoms with Gasteiger partial charge in [0.05, 0.1) is 7.11 Å². The lowest BCUT2D eigenvalue weighted by Gasteiger charge is -2.19. The van der Waals surface area contributed by atoms with Crippen LogP contribution in [0.5, 0.6) is 0 Å². The molecule has 82 valence electrons. The van der Waals surface area contributed by atoms with Gasteiger partial charge in [0.1, 0.15) is 6.04 Å². The van der Waals surface area contributed by atoms with Crippen molar-refractivity contribution in [1.29, 1.82) is 0 Å². The monoisotopic (exact) mass is 201 g/mol. The van der Waals surface area contributed by atoms with Crippen LogP contribution in [0.15, 0.2) is 0 Å². The van der Waals surface area contributed by atoms with Crippen molar-refractivity contribution >= 4 is 11.9 Å². The fraction of sp³-hybridized carbons (Fsp3) is 0.800. The molecule has 4 nitrogen and oxygen atoms in total. The Hall–Kier alpha value is -1.06. The molecule has 14 heavy (non-hydrogen) atoms. The van der Waals surface area contributed by atoms with Crippen LogP contribution in [0.3, 0.4) is 0 Å². The third-order valence-electron chi connectivity index (χ3n) is 1.92. The number of carbonyl (C=O) groups is 2. The van der Waals surface area contributed by atoms with Crippen LogP contribution in [0.25, 0.3) is 0 Å². The Morgan fingerprint density at radius 2 is 1.93 bits per heavy atom. The summed E-state index contributed by atoms with van der Waals surface area (Å²) in [6, 6.07) is -0.529. The van der Waals surface area contributed by atoms with Gasteiger partial charge in [0, 0.05) is 6.42 Å². The highest BCUT2D eigenvalue weighted by atomic mass is 16.5. The summed E-state index contributed by atoms with van der Waals surface area (Å²) in [4.78, 5) is 22.5. The molecule has 0 aromatic carbocycles. The zero-order valence-corrected chi connectivity index (χ0v) is 9.29. The Kier molecular flexibility index (Phi) is 5.92. The SMILES string of the molecule is CCCC(=O)NC(C(=O)OC)C(C)C. The van der Waals surface area contributed by atoms with E-state index in [0.717, 1.165) is 6.42 Å². The number of carbonyl (C=O) groups excluding carboxylic acids is 2. The van der Waals surface area contributed by atoms with Gasteiger partial charge in [-0.2, -0.15) is 0 Å². The predicted molar refractivity (Wildman–Crippen MR) is 53.7 cm³/mol. The summed E-state index contributed by atoms with van der Waals surface area (Å²) in [7, 11) is 1.32. The molecule has 0 spiro atoms. The van der Waals surface area contributed by atoms with Crippen LogP contribution in [0, 0.1) is 5.92 Å². The molecule has 1 N–H and O–H groups in total. The molecule has 0 radical (unpaired) electrons. The number of ether oxygens (including phenoxy) is 1. The molecule has 0 saturated heterocycles. The molecule has 0 heterocycles.